The molecule has 2 aromatic heterocycles. The van der Waals surface area contributed by atoms with E-state index in [9.17, 15) is 4.39 Å². The van der Waals surface area contributed by atoms with E-state index in [0.29, 0.717) is 6.42 Å². The molecule has 0 spiro atoms. The van der Waals surface area contributed by atoms with Crippen LogP contribution in [0.4, 0.5) is 21.5 Å². The number of nitrogens with one attached hydrogen (secondary N) is 4. The smallest absolute Gasteiger partial charge is 0.125 e. The molecule has 0 fully saturated rings. The van der Waals surface area contributed by atoms with Crippen LogP contribution in [0.2, 0.25) is 0 Å². The van der Waals surface area contributed by atoms with Crippen LogP contribution in [0.5, 0.6) is 0 Å². The molecule has 8 heteroatoms. The highest BCUT2D eigenvalue weighted by Crippen LogP contribution is 2.31. The number of anilines is 3. The van der Waals surface area contributed by atoms with E-state index in [2.05, 4.69) is 69.5 Å². The van der Waals surface area contributed by atoms with Crippen molar-refractivity contribution in [1.82, 2.24) is 20.2 Å². The van der Waals surface area contributed by atoms with Crippen molar-refractivity contribution < 1.29 is 4.39 Å². The van der Waals surface area contributed by atoms with Gasteiger partial charge in [0.05, 0.1) is 29.5 Å². The first-order valence-corrected chi connectivity index (χ1v) is 14.6. The molecule has 0 amide bonds. The summed E-state index contributed by atoms with van der Waals surface area (Å²) in [5.74, 6) is -0.294. The lowest BCUT2D eigenvalue weighted by Gasteiger charge is -2.17. The minimum absolute atomic E-state index is 0.294. The molecule has 0 aliphatic carbocycles. The van der Waals surface area contributed by atoms with Gasteiger partial charge < -0.3 is 26.2 Å². The Hall–Kier alpha value is -4.27. The summed E-state index contributed by atoms with van der Waals surface area (Å²) in [5, 5.41) is 13.4. The predicted octanol–water partition coefficient (Wildman–Crippen LogP) is 6.90. The Morgan fingerprint density at radius 3 is 2.56 bits per heavy atom. The predicted molar refractivity (Wildman–Crippen MR) is 182 cm³/mol. The van der Waals surface area contributed by atoms with E-state index in [-0.39, 0.29) is 5.82 Å². The fourth-order valence-electron chi connectivity index (χ4n) is 4.66. The van der Waals surface area contributed by atoms with Gasteiger partial charge in [0.1, 0.15) is 5.82 Å². The van der Waals surface area contributed by atoms with Crippen LogP contribution in [0.1, 0.15) is 30.7 Å². The van der Waals surface area contributed by atoms with E-state index in [1.54, 1.807) is 18.5 Å². The van der Waals surface area contributed by atoms with Gasteiger partial charge in [-0.2, -0.15) is 0 Å². The summed E-state index contributed by atoms with van der Waals surface area (Å²) in [4.78, 5) is 11.3. The van der Waals surface area contributed by atoms with E-state index in [0.717, 1.165) is 88.0 Å². The minimum atomic E-state index is -0.294. The van der Waals surface area contributed by atoms with Crippen LogP contribution in [0.3, 0.4) is 0 Å². The Morgan fingerprint density at radius 2 is 1.88 bits per heavy atom. The van der Waals surface area contributed by atoms with Crippen molar-refractivity contribution in [2.45, 2.75) is 27.2 Å². The Kier molecular flexibility index (Phi) is 12.7. The second-order valence-corrected chi connectivity index (χ2v) is 10.6. The van der Waals surface area contributed by atoms with Crippen molar-refractivity contribution in [3.63, 3.8) is 0 Å². The Bertz CT molecular complexity index is 1470. The lowest BCUT2D eigenvalue weighted by atomic mass is 10.0. The Morgan fingerprint density at radius 1 is 1.09 bits per heavy atom. The molecule has 7 nitrogen and oxygen atoms in total. The van der Waals surface area contributed by atoms with Crippen molar-refractivity contribution in [2.24, 2.45) is 0 Å². The minimum Gasteiger partial charge on any atom is -0.387 e. The third-order valence-corrected chi connectivity index (χ3v) is 7.08. The van der Waals surface area contributed by atoms with Crippen LogP contribution in [0.15, 0.2) is 85.5 Å². The topological polar surface area (TPSA) is 77.1 Å². The summed E-state index contributed by atoms with van der Waals surface area (Å²) in [6.07, 6.45) is 12.0. The lowest BCUT2D eigenvalue weighted by Crippen LogP contribution is -2.20. The Balaban J connectivity index is 1.83. The van der Waals surface area contributed by atoms with Crippen molar-refractivity contribution in [2.75, 3.05) is 63.3 Å². The normalized spacial score (nSPS) is 11.9. The zero-order valence-electron chi connectivity index (χ0n) is 26.4. The van der Waals surface area contributed by atoms with Crippen molar-refractivity contribution in [1.29, 1.82) is 0 Å². The number of hydrogen-bond acceptors (Lipinski definition) is 7. The maximum atomic E-state index is 14.6. The molecule has 43 heavy (non-hydrogen) atoms. The van der Waals surface area contributed by atoms with Crippen LogP contribution in [-0.2, 0) is 6.42 Å². The van der Waals surface area contributed by atoms with E-state index in [4.69, 9.17) is 4.98 Å². The number of likely N-dealkylation sites (N-methyl/N-ethyl adjacent to an activating group) is 2. The zero-order chi connectivity index (χ0) is 31.4. The second-order valence-electron chi connectivity index (χ2n) is 10.6. The molecule has 0 atom stereocenters. The maximum absolute atomic E-state index is 14.6. The van der Waals surface area contributed by atoms with Gasteiger partial charge in [-0.05, 0) is 92.7 Å². The number of aromatic nitrogens is 2. The van der Waals surface area contributed by atoms with Gasteiger partial charge in [-0.3, -0.25) is 9.97 Å². The van der Waals surface area contributed by atoms with Crippen molar-refractivity contribution >= 4 is 22.6 Å². The van der Waals surface area contributed by atoms with Crippen LogP contribution in [0.25, 0.3) is 16.7 Å². The van der Waals surface area contributed by atoms with Crippen LogP contribution >= 0.6 is 0 Å². The summed E-state index contributed by atoms with van der Waals surface area (Å²) >= 11 is 0. The summed E-state index contributed by atoms with van der Waals surface area (Å²) in [7, 11) is 5.91. The van der Waals surface area contributed by atoms with Gasteiger partial charge in [-0.1, -0.05) is 32.2 Å². The highest BCUT2D eigenvalue weighted by atomic mass is 19.1. The summed E-state index contributed by atoms with van der Waals surface area (Å²) in [6, 6.07) is 7.12. The van der Waals surface area contributed by atoms with Gasteiger partial charge in [0.2, 0.25) is 0 Å². The quantitative estimate of drug-likeness (QED) is 0.137. The van der Waals surface area contributed by atoms with Gasteiger partial charge in [0.25, 0.3) is 0 Å². The molecule has 0 aliphatic heterocycles. The fourth-order valence-corrected chi connectivity index (χ4v) is 4.66. The van der Waals surface area contributed by atoms with Gasteiger partial charge in [-0.15, -0.1) is 0 Å². The molecule has 0 saturated heterocycles. The summed E-state index contributed by atoms with van der Waals surface area (Å²) in [6.45, 7) is 17.6. The van der Waals surface area contributed by atoms with E-state index in [1.165, 1.54) is 6.07 Å². The number of pyridine rings is 2. The van der Waals surface area contributed by atoms with Gasteiger partial charge in [0, 0.05) is 56.2 Å². The summed E-state index contributed by atoms with van der Waals surface area (Å²) < 4.78 is 14.6. The largest absolute Gasteiger partial charge is 0.387 e. The molecule has 0 saturated carbocycles. The lowest BCUT2D eigenvalue weighted by molar-refractivity contribution is 0.425. The standard InChI is InChI=1S/C35H46FN7/c1-9-26(20-38-11-3)15-27(10-2)33-18-29(35(37-6)23-41-33)14-24(4)42-34-22-39-21-32(25(34)5)28-16-30(36)19-31(17-28)40-12-13-43(7)8/h9-10,15-19,21-23,37-38,40,42H,1,4,11-14,20H2,2-3,5-8H3/b26-15+,27-10+. The maximum Gasteiger partial charge on any atom is 0.125 e. The monoisotopic (exact) mass is 583 g/mol. The molecule has 3 aromatic rings. The molecule has 0 unspecified atom stereocenters. The van der Waals surface area contributed by atoms with Gasteiger partial charge in [-0.25, -0.2) is 4.39 Å². The second kappa shape index (κ2) is 16.4. The molecule has 0 aliphatic rings. The third-order valence-electron chi connectivity index (χ3n) is 7.08. The molecule has 1 aromatic carbocycles. The third kappa shape index (κ3) is 9.63. The number of allylic oxidation sites excluding steroid dienone is 4. The number of halogens is 1. The molecular weight excluding hydrogens is 537 g/mol. The number of nitrogens with zero attached hydrogens (tertiary/aromatic N) is 3. The van der Waals surface area contributed by atoms with Crippen LogP contribution in [0, 0.1) is 12.7 Å². The molecule has 2 heterocycles. The molecule has 228 valence electrons. The summed E-state index contributed by atoms with van der Waals surface area (Å²) in [5.41, 5.74) is 9.94. The molecule has 3 rings (SSSR count). The highest BCUT2D eigenvalue weighted by molar-refractivity contribution is 5.76. The van der Waals surface area contributed by atoms with Crippen molar-refractivity contribution in [3.8, 4) is 11.1 Å². The van der Waals surface area contributed by atoms with E-state index >= 15 is 0 Å². The fraction of sp³-hybridized carbons (Fsp3) is 0.314. The number of rotatable bonds is 16. The van der Waals surface area contributed by atoms with Gasteiger partial charge >= 0.3 is 0 Å². The first kappa shape index (κ1) is 33.2. The first-order chi connectivity index (χ1) is 20.7. The Labute approximate surface area is 256 Å². The molecule has 4 N–H and O–H groups in total. The highest BCUT2D eigenvalue weighted by Gasteiger charge is 2.13. The van der Waals surface area contributed by atoms with Crippen LogP contribution < -0.4 is 21.3 Å². The molecule has 0 radical (unpaired) electrons. The average molecular weight is 584 g/mol. The zero-order valence-corrected chi connectivity index (χ0v) is 26.4. The van der Waals surface area contributed by atoms with Crippen LogP contribution in [-0.4, -0.2) is 62.2 Å². The van der Waals surface area contributed by atoms with Gasteiger partial charge in [0.15, 0.2) is 0 Å². The molecule has 0 bridgehead atoms. The van der Waals surface area contributed by atoms with E-state index in [1.807, 2.05) is 53.3 Å². The first-order valence-electron chi connectivity index (χ1n) is 14.6. The van der Waals surface area contributed by atoms with Crippen molar-refractivity contribution in [3.05, 3.63) is 108 Å². The number of benzene rings is 1. The molecular formula is C35H46FN7. The average Bonchev–Trinajstić information content (AvgIpc) is 2.98. The van der Waals surface area contributed by atoms with E-state index < -0.39 is 0 Å². The SMILES string of the molecule is C=C/C(=C\C(=C/C)c1cc(CC(=C)Nc2cncc(-c3cc(F)cc(NCCN(C)C)c3)c2C)c(NC)cn1)CNCC. The number of hydrogen-bond donors (Lipinski definition) is 4.